The van der Waals surface area contributed by atoms with Crippen molar-refractivity contribution in [2.45, 2.75) is 45.1 Å². The number of nitrogens with one attached hydrogen (secondary N) is 1. The zero-order valence-corrected chi connectivity index (χ0v) is 10.9. The Morgan fingerprint density at radius 2 is 2.29 bits per heavy atom. The number of hydrogen-bond donors (Lipinski definition) is 1. The summed E-state index contributed by atoms with van der Waals surface area (Å²) in [6.07, 6.45) is 7.93. The van der Waals surface area contributed by atoms with E-state index < -0.39 is 0 Å². The number of anilines is 1. The molecule has 5 heteroatoms. The van der Waals surface area contributed by atoms with Gasteiger partial charge in [-0.3, -0.25) is 10.1 Å². The van der Waals surface area contributed by atoms with Gasteiger partial charge in [0.1, 0.15) is 6.61 Å². The number of thiazole rings is 1. The third-order valence-electron chi connectivity index (χ3n) is 2.87. The van der Waals surface area contributed by atoms with Gasteiger partial charge in [0.05, 0.1) is 6.10 Å². The fraction of sp³-hybridized carbons (Fsp3) is 0.667. The highest BCUT2D eigenvalue weighted by Gasteiger charge is 2.15. The fourth-order valence-electron chi connectivity index (χ4n) is 1.99. The Labute approximate surface area is 105 Å². The Bertz CT molecular complexity index is 372. The number of aryl methyl sites for hydroxylation is 1. The van der Waals surface area contributed by atoms with Crippen molar-refractivity contribution in [2.24, 2.45) is 0 Å². The second-order valence-electron chi connectivity index (χ2n) is 4.40. The molecule has 1 aliphatic rings. The average Bonchev–Trinajstić information content (AvgIpc) is 2.73. The molecule has 0 saturated heterocycles. The molecule has 1 saturated carbocycles. The average molecular weight is 254 g/mol. The quantitative estimate of drug-likeness (QED) is 0.898. The third kappa shape index (κ3) is 4.09. The molecule has 1 fully saturated rings. The highest BCUT2D eigenvalue weighted by Crippen LogP contribution is 2.20. The first-order valence-corrected chi connectivity index (χ1v) is 6.89. The topological polar surface area (TPSA) is 51.2 Å². The molecule has 0 unspecified atom stereocenters. The lowest BCUT2D eigenvalue weighted by Gasteiger charge is -2.21. The van der Waals surface area contributed by atoms with E-state index in [1.807, 2.05) is 6.92 Å². The number of ether oxygens (including phenoxy) is 1. The lowest BCUT2D eigenvalue weighted by atomic mass is 9.98. The summed E-state index contributed by atoms with van der Waals surface area (Å²) in [7, 11) is 0. The number of nitrogens with zero attached hydrogens (tertiary/aromatic N) is 1. The Balaban J connectivity index is 1.70. The van der Waals surface area contributed by atoms with E-state index in [4.69, 9.17) is 4.74 Å². The fourth-order valence-corrected chi connectivity index (χ4v) is 2.67. The van der Waals surface area contributed by atoms with Gasteiger partial charge in [-0.2, -0.15) is 0 Å². The molecular formula is C12H18N2O2S. The molecule has 1 aromatic heterocycles. The van der Waals surface area contributed by atoms with Crippen LogP contribution < -0.4 is 5.32 Å². The van der Waals surface area contributed by atoms with Gasteiger partial charge in [0.2, 0.25) is 0 Å². The molecule has 4 nitrogen and oxygen atoms in total. The van der Waals surface area contributed by atoms with Crippen LogP contribution in [-0.2, 0) is 9.53 Å². The zero-order valence-electron chi connectivity index (χ0n) is 10.1. The molecule has 94 valence electrons. The maximum absolute atomic E-state index is 11.6. The van der Waals surface area contributed by atoms with Crippen molar-refractivity contribution in [2.75, 3.05) is 11.9 Å². The summed E-state index contributed by atoms with van der Waals surface area (Å²) in [5, 5.41) is 3.40. The van der Waals surface area contributed by atoms with Gasteiger partial charge < -0.3 is 4.74 Å². The normalized spacial score (nSPS) is 17.0. The molecule has 0 atom stereocenters. The molecule has 1 amide bonds. The molecule has 17 heavy (non-hydrogen) atoms. The molecule has 0 aromatic carbocycles. The first-order chi connectivity index (χ1) is 8.24. The second-order valence-corrected chi connectivity index (χ2v) is 5.63. The maximum atomic E-state index is 11.6. The van der Waals surface area contributed by atoms with Gasteiger partial charge in [-0.25, -0.2) is 4.98 Å². The lowest BCUT2D eigenvalue weighted by Crippen LogP contribution is -2.24. The number of rotatable bonds is 4. The predicted molar refractivity (Wildman–Crippen MR) is 68.3 cm³/mol. The summed E-state index contributed by atoms with van der Waals surface area (Å²) in [4.78, 5) is 16.8. The highest BCUT2D eigenvalue weighted by molar-refractivity contribution is 7.15. The standard InChI is InChI=1S/C12H18N2O2S/c1-9-7-13-12(17-9)14-11(15)8-16-10-5-3-2-4-6-10/h7,10H,2-6,8H2,1H3,(H,13,14,15). The summed E-state index contributed by atoms with van der Waals surface area (Å²) in [5.74, 6) is -0.107. The maximum Gasteiger partial charge on any atom is 0.252 e. The number of hydrogen-bond acceptors (Lipinski definition) is 4. The van der Waals surface area contributed by atoms with Crippen LogP contribution in [0.15, 0.2) is 6.20 Å². The van der Waals surface area contributed by atoms with Crippen LogP contribution in [-0.4, -0.2) is 23.6 Å². The molecule has 0 radical (unpaired) electrons. The summed E-state index contributed by atoms with van der Waals surface area (Å²) >= 11 is 1.48. The van der Waals surface area contributed by atoms with Crippen LogP contribution in [0, 0.1) is 6.92 Å². The van der Waals surface area contributed by atoms with Gasteiger partial charge >= 0.3 is 0 Å². The van der Waals surface area contributed by atoms with Crippen LogP contribution in [0.4, 0.5) is 5.13 Å². The summed E-state index contributed by atoms with van der Waals surface area (Å²) in [5.41, 5.74) is 0. The van der Waals surface area contributed by atoms with Crippen LogP contribution in [0.1, 0.15) is 37.0 Å². The van der Waals surface area contributed by atoms with Crippen LogP contribution in [0.3, 0.4) is 0 Å². The summed E-state index contributed by atoms with van der Waals surface area (Å²) in [6, 6.07) is 0. The molecule has 1 aromatic rings. The third-order valence-corrected chi connectivity index (χ3v) is 3.70. The van der Waals surface area contributed by atoms with Crippen molar-refractivity contribution in [1.82, 2.24) is 4.98 Å². The smallest absolute Gasteiger partial charge is 0.252 e. The number of carbonyl (C=O) groups is 1. The molecular weight excluding hydrogens is 236 g/mol. The summed E-state index contributed by atoms with van der Waals surface area (Å²) in [6.45, 7) is 2.11. The molecule has 2 rings (SSSR count). The largest absolute Gasteiger partial charge is 0.368 e. The minimum Gasteiger partial charge on any atom is -0.368 e. The Kier molecular flexibility index (Phi) is 4.50. The van der Waals surface area contributed by atoms with Gasteiger partial charge in [-0.15, -0.1) is 11.3 Å². The van der Waals surface area contributed by atoms with E-state index in [9.17, 15) is 4.79 Å². The molecule has 0 spiro atoms. The van der Waals surface area contributed by atoms with Crippen molar-refractivity contribution in [3.8, 4) is 0 Å². The van der Waals surface area contributed by atoms with Gasteiger partial charge in [-0.1, -0.05) is 19.3 Å². The minimum atomic E-state index is -0.107. The lowest BCUT2D eigenvalue weighted by molar-refractivity contribution is -0.123. The van der Waals surface area contributed by atoms with Crippen molar-refractivity contribution in [3.63, 3.8) is 0 Å². The van der Waals surface area contributed by atoms with Gasteiger partial charge in [-0.05, 0) is 19.8 Å². The van der Waals surface area contributed by atoms with E-state index in [1.165, 1.54) is 30.6 Å². The number of aromatic nitrogens is 1. The SMILES string of the molecule is Cc1cnc(NC(=O)COC2CCCCC2)s1. The van der Waals surface area contributed by atoms with Crippen molar-refractivity contribution in [1.29, 1.82) is 0 Å². The van der Waals surface area contributed by atoms with Crippen molar-refractivity contribution in [3.05, 3.63) is 11.1 Å². The zero-order chi connectivity index (χ0) is 12.1. The van der Waals surface area contributed by atoms with E-state index >= 15 is 0 Å². The van der Waals surface area contributed by atoms with Gasteiger partial charge in [0, 0.05) is 11.1 Å². The minimum absolute atomic E-state index is 0.107. The van der Waals surface area contributed by atoms with E-state index in [1.54, 1.807) is 6.20 Å². The van der Waals surface area contributed by atoms with Crippen molar-refractivity contribution < 1.29 is 9.53 Å². The highest BCUT2D eigenvalue weighted by atomic mass is 32.1. The molecule has 0 aliphatic heterocycles. The first kappa shape index (κ1) is 12.5. The van der Waals surface area contributed by atoms with Crippen LogP contribution in [0.25, 0.3) is 0 Å². The number of carbonyl (C=O) groups excluding carboxylic acids is 1. The van der Waals surface area contributed by atoms with E-state index in [2.05, 4.69) is 10.3 Å². The van der Waals surface area contributed by atoms with Gasteiger partial charge in [0.15, 0.2) is 5.13 Å². The number of amides is 1. The Morgan fingerprint density at radius 3 is 2.94 bits per heavy atom. The molecule has 1 aliphatic carbocycles. The van der Waals surface area contributed by atoms with E-state index in [0.717, 1.165) is 17.7 Å². The molecule has 1 N–H and O–H groups in total. The summed E-state index contributed by atoms with van der Waals surface area (Å²) < 4.78 is 5.59. The van der Waals surface area contributed by atoms with Crippen molar-refractivity contribution >= 4 is 22.4 Å². The molecule has 1 heterocycles. The Morgan fingerprint density at radius 1 is 1.53 bits per heavy atom. The predicted octanol–water partition coefficient (Wildman–Crippen LogP) is 2.74. The van der Waals surface area contributed by atoms with Crippen LogP contribution in [0.5, 0.6) is 0 Å². The van der Waals surface area contributed by atoms with Gasteiger partial charge in [0.25, 0.3) is 5.91 Å². The van der Waals surface area contributed by atoms with E-state index in [0.29, 0.717) is 5.13 Å². The first-order valence-electron chi connectivity index (χ1n) is 6.08. The second kappa shape index (κ2) is 6.12. The Hall–Kier alpha value is -0.940. The van der Waals surface area contributed by atoms with E-state index in [-0.39, 0.29) is 18.6 Å². The van der Waals surface area contributed by atoms with Crippen LogP contribution >= 0.6 is 11.3 Å². The molecule has 0 bridgehead atoms. The monoisotopic (exact) mass is 254 g/mol. The van der Waals surface area contributed by atoms with Crippen LogP contribution in [0.2, 0.25) is 0 Å².